The standard InChI is InChI=1S/C27H27N3O3/c1-17(2)33-23-11-9-22(10-12-23)29-25-24(21-8-7-18(3)19(4)14-21)26(31)30(27(25)32)16-20-6-5-13-28-15-20/h5-15,17,29H,16H2,1-4H3. The maximum absolute atomic E-state index is 13.5. The van der Waals surface area contributed by atoms with Crippen molar-refractivity contribution >= 4 is 23.1 Å². The SMILES string of the molecule is Cc1ccc(C2=C(Nc3ccc(OC(C)C)cc3)C(=O)N(Cc3cccnc3)C2=O)cc1C. The van der Waals surface area contributed by atoms with Crippen LogP contribution in [-0.2, 0) is 16.1 Å². The lowest BCUT2D eigenvalue weighted by Crippen LogP contribution is -2.32. The van der Waals surface area contributed by atoms with Gasteiger partial charge in [-0.2, -0.15) is 0 Å². The summed E-state index contributed by atoms with van der Waals surface area (Å²) in [6.07, 6.45) is 3.39. The molecule has 168 valence electrons. The minimum Gasteiger partial charge on any atom is -0.491 e. The fraction of sp³-hybridized carbons (Fsp3) is 0.222. The molecule has 33 heavy (non-hydrogen) atoms. The zero-order valence-corrected chi connectivity index (χ0v) is 19.3. The molecule has 0 bridgehead atoms. The van der Waals surface area contributed by atoms with E-state index in [2.05, 4.69) is 10.3 Å². The molecule has 0 saturated carbocycles. The Kier molecular flexibility index (Phi) is 6.27. The second-order valence-electron chi connectivity index (χ2n) is 8.42. The number of hydrogen-bond acceptors (Lipinski definition) is 5. The molecule has 1 aliphatic heterocycles. The van der Waals surface area contributed by atoms with E-state index in [-0.39, 0.29) is 30.2 Å². The molecule has 0 unspecified atom stereocenters. The summed E-state index contributed by atoms with van der Waals surface area (Å²) >= 11 is 0. The highest BCUT2D eigenvalue weighted by Gasteiger charge is 2.39. The van der Waals surface area contributed by atoms with Gasteiger partial charge in [0, 0.05) is 18.1 Å². The Balaban J connectivity index is 1.71. The van der Waals surface area contributed by atoms with Gasteiger partial charge >= 0.3 is 0 Å². The molecular formula is C27H27N3O3. The molecule has 0 fully saturated rings. The van der Waals surface area contributed by atoms with Crippen molar-refractivity contribution in [2.45, 2.75) is 40.3 Å². The normalized spacial score (nSPS) is 13.8. The zero-order valence-electron chi connectivity index (χ0n) is 19.3. The van der Waals surface area contributed by atoms with E-state index in [1.54, 1.807) is 18.5 Å². The molecule has 0 aliphatic carbocycles. The van der Waals surface area contributed by atoms with Crippen LogP contribution in [0.3, 0.4) is 0 Å². The number of nitrogens with one attached hydrogen (secondary N) is 1. The number of pyridine rings is 1. The maximum atomic E-state index is 13.5. The third-order valence-corrected chi connectivity index (χ3v) is 5.52. The number of amides is 2. The number of rotatable bonds is 7. The van der Waals surface area contributed by atoms with Gasteiger partial charge in [0.05, 0.1) is 18.2 Å². The predicted molar refractivity (Wildman–Crippen MR) is 128 cm³/mol. The monoisotopic (exact) mass is 441 g/mol. The van der Waals surface area contributed by atoms with Crippen LogP contribution in [0, 0.1) is 13.8 Å². The number of carbonyl (C=O) groups excluding carboxylic acids is 2. The number of aromatic nitrogens is 1. The van der Waals surface area contributed by atoms with E-state index in [4.69, 9.17) is 4.74 Å². The zero-order chi connectivity index (χ0) is 23.5. The van der Waals surface area contributed by atoms with Gasteiger partial charge < -0.3 is 10.1 Å². The second kappa shape index (κ2) is 9.28. The van der Waals surface area contributed by atoms with Gasteiger partial charge in [0.15, 0.2) is 0 Å². The first kappa shape index (κ1) is 22.3. The van der Waals surface area contributed by atoms with Gasteiger partial charge in [-0.3, -0.25) is 19.5 Å². The summed E-state index contributed by atoms with van der Waals surface area (Å²) in [6.45, 7) is 8.10. The van der Waals surface area contributed by atoms with Crippen LogP contribution in [-0.4, -0.2) is 27.8 Å². The van der Waals surface area contributed by atoms with E-state index < -0.39 is 0 Å². The third kappa shape index (κ3) is 4.80. The summed E-state index contributed by atoms with van der Waals surface area (Å²) in [7, 11) is 0. The van der Waals surface area contributed by atoms with Crippen LogP contribution < -0.4 is 10.1 Å². The number of nitrogens with zero attached hydrogens (tertiary/aromatic N) is 2. The van der Waals surface area contributed by atoms with Crippen molar-refractivity contribution in [3.05, 3.63) is 94.9 Å². The maximum Gasteiger partial charge on any atom is 0.278 e. The van der Waals surface area contributed by atoms with Crippen molar-refractivity contribution in [1.29, 1.82) is 0 Å². The Morgan fingerprint density at radius 1 is 0.970 bits per heavy atom. The summed E-state index contributed by atoms with van der Waals surface area (Å²) < 4.78 is 5.70. The molecule has 0 radical (unpaired) electrons. The smallest absolute Gasteiger partial charge is 0.278 e. The summed E-state index contributed by atoms with van der Waals surface area (Å²) in [4.78, 5) is 32.2. The van der Waals surface area contributed by atoms with Gasteiger partial charge in [-0.25, -0.2) is 0 Å². The molecule has 0 saturated heterocycles. The number of imide groups is 1. The van der Waals surface area contributed by atoms with Gasteiger partial charge in [-0.15, -0.1) is 0 Å². The molecule has 6 heteroatoms. The van der Waals surface area contributed by atoms with Crippen LogP contribution >= 0.6 is 0 Å². The molecule has 0 spiro atoms. The predicted octanol–water partition coefficient (Wildman–Crippen LogP) is 4.88. The van der Waals surface area contributed by atoms with E-state index in [0.717, 1.165) is 22.4 Å². The Morgan fingerprint density at radius 2 is 1.73 bits per heavy atom. The minimum absolute atomic E-state index is 0.0676. The summed E-state index contributed by atoms with van der Waals surface area (Å²) in [6, 6.07) is 16.8. The molecule has 6 nitrogen and oxygen atoms in total. The van der Waals surface area contributed by atoms with Crippen molar-refractivity contribution in [2.24, 2.45) is 0 Å². The largest absolute Gasteiger partial charge is 0.491 e. The van der Waals surface area contributed by atoms with Crippen LogP contribution in [0.1, 0.15) is 36.1 Å². The summed E-state index contributed by atoms with van der Waals surface area (Å²) in [5.41, 5.74) is 5.02. The van der Waals surface area contributed by atoms with Gasteiger partial charge in [0.1, 0.15) is 11.4 Å². The molecule has 1 aliphatic rings. The Hall–Kier alpha value is -3.93. The molecular weight excluding hydrogens is 414 g/mol. The van der Waals surface area contributed by atoms with E-state index in [0.29, 0.717) is 16.8 Å². The molecule has 4 rings (SSSR count). The van der Waals surface area contributed by atoms with Crippen LogP contribution in [0.4, 0.5) is 5.69 Å². The number of ether oxygens (including phenoxy) is 1. The highest BCUT2D eigenvalue weighted by Crippen LogP contribution is 2.32. The quantitative estimate of drug-likeness (QED) is 0.529. The average molecular weight is 442 g/mol. The first-order valence-electron chi connectivity index (χ1n) is 10.9. The summed E-state index contributed by atoms with van der Waals surface area (Å²) in [5.74, 6) is 0.0555. The van der Waals surface area contributed by atoms with E-state index in [9.17, 15) is 9.59 Å². The number of carbonyl (C=O) groups is 2. The Labute approximate surface area is 193 Å². The van der Waals surface area contributed by atoms with Crippen molar-refractivity contribution in [3.8, 4) is 5.75 Å². The molecule has 1 aromatic heterocycles. The molecule has 2 amide bonds. The molecule has 3 aromatic rings. The fourth-order valence-corrected chi connectivity index (χ4v) is 3.71. The highest BCUT2D eigenvalue weighted by atomic mass is 16.5. The van der Waals surface area contributed by atoms with Crippen LogP contribution in [0.2, 0.25) is 0 Å². The third-order valence-electron chi connectivity index (χ3n) is 5.52. The lowest BCUT2D eigenvalue weighted by molar-refractivity contribution is -0.137. The molecule has 1 N–H and O–H groups in total. The van der Waals surface area contributed by atoms with E-state index >= 15 is 0 Å². The van der Waals surface area contributed by atoms with Crippen molar-refractivity contribution in [2.75, 3.05) is 5.32 Å². The van der Waals surface area contributed by atoms with Crippen molar-refractivity contribution < 1.29 is 14.3 Å². The van der Waals surface area contributed by atoms with Gasteiger partial charge in [-0.1, -0.05) is 24.3 Å². The Bertz CT molecular complexity index is 1220. The molecule has 2 aromatic carbocycles. The van der Waals surface area contributed by atoms with E-state index in [1.807, 2.05) is 76.2 Å². The number of anilines is 1. The molecule has 2 heterocycles. The minimum atomic E-state index is -0.361. The Morgan fingerprint density at radius 3 is 2.36 bits per heavy atom. The number of benzene rings is 2. The van der Waals surface area contributed by atoms with Gasteiger partial charge in [0.25, 0.3) is 11.8 Å². The van der Waals surface area contributed by atoms with Crippen molar-refractivity contribution in [3.63, 3.8) is 0 Å². The topological polar surface area (TPSA) is 71.5 Å². The second-order valence-corrected chi connectivity index (χ2v) is 8.42. The molecule has 0 atom stereocenters. The van der Waals surface area contributed by atoms with Crippen LogP contribution in [0.25, 0.3) is 5.57 Å². The number of aryl methyl sites for hydroxylation is 2. The van der Waals surface area contributed by atoms with Crippen LogP contribution in [0.5, 0.6) is 5.75 Å². The lowest BCUT2D eigenvalue weighted by atomic mass is 9.99. The lowest BCUT2D eigenvalue weighted by Gasteiger charge is -2.15. The van der Waals surface area contributed by atoms with Gasteiger partial charge in [-0.05, 0) is 80.3 Å². The first-order valence-corrected chi connectivity index (χ1v) is 10.9. The summed E-state index contributed by atoms with van der Waals surface area (Å²) in [5, 5.41) is 3.20. The van der Waals surface area contributed by atoms with Crippen molar-refractivity contribution in [1.82, 2.24) is 9.88 Å². The first-order chi connectivity index (χ1) is 15.8. The van der Waals surface area contributed by atoms with Crippen LogP contribution in [0.15, 0.2) is 72.7 Å². The number of hydrogen-bond donors (Lipinski definition) is 1. The fourth-order valence-electron chi connectivity index (χ4n) is 3.71. The van der Waals surface area contributed by atoms with Gasteiger partial charge in [0.2, 0.25) is 0 Å². The average Bonchev–Trinajstić information content (AvgIpc) is 3.01. The highest BCUT2D eigenvalue weighted by molar-refractivity contribution is 6.36. The van der Waals surface area contributed by atoms with E-state index in [1.165, 1.54) is 4.90 Å².